The number of aryl methyl sites for hydroxylation is 2. The third-order valence-corrected chi connectivity index (χ3v) is 8.52. The van der Waals surface area contributed by atoms with E-state index in [2.05, 4.69) is 22.2 Å². The molecule has 3 heterocycles. The molecular formula is C23H32N4O5S. The normalized spacial score (nSPS) is 20.1. The van der Waals surface area contributed by atoms with Crippen LogP contribution in [0.2, 0.25) is 0 Å². The molecule has 1 unspecified atom stereocenters. The van der Waals surface area contributed by atoms with E-state index in [1.807, 2.05) is 12.1 Å². The molecule has 0 saturated carbocycles. The van der Waals surface area contributed by atoms with Gasteiger partial charge in [-0.2, -0.15) is 4.31 Å². The van der Waals surface area contributed by atoms with E-state index in [1.165, 1.54) is 4.31 Å². The minimum Gasteiger partial charge on any atom is -0.378 e. The first-order valence-electron chi connectivity index (χ1n) is 11.4. The topological polar surface area (TPSA) is 96.2 Å². The number of hydrogen-bond acceptors (Lipinski definition) is 7. The first-order chi connectivity index (χ1) is 15.8. The lowest BCUT2D eigenvalue weighted by Gasteiger charge is -2.33. The second-order valence-electron chi connectivity index (χ2n) is 8.82. The molecule has 1 amide bonds. The van der Waals surface area contributed by atoms with Crippen LogP contribution in [0.3, 0.4) is 0 Å². The Labute approximate surface area is 195 Å². The second-order valence-corrected chi connectivity index (χ2v) is 10.7. The second kappa shape index (κ2) is 9.82. The van der Waals surface area contributed by atoms with E-state index in [1.54, 1.807) is 25.8 Å². The maximum Gasteiger partial charge on any atom is 0.248 e. The van der Waals surface area contributed by atoms with E-state index in [4.69, 9.17) is 9.26 Å². The Bertz CT molecular complexity index is 1060. The molecule has 9 nitrogen and oxygen atoms in total. The van der Waals surface area contributed by atoms with E-state index in [-0.39, 0.29) is 29.0 Å². The fourth-order valence-corrected chi connectivity index (χ4v) is 6.45. The van der Waals surface area contributed by atoms with Gasteiger partial charge in [0.25, 0.3) is 0 Å². The number of benzene rings is 1. The first-order valence-corrected chi connectivity index (χ1v) is 12.8. The molecule has 2 aromatic rings. The van der Waals surface area contributed by atoms with Crippen molar-refractivity contribution in [2.45, 2.75) is 38.1 Å². The summed E-state index contributed by atoms with van der Waals surface area (Å²) in [7, 11) is -1.98. The van der Waals surface area contributed by atoms with Crippen molar-refractivity contribution < 1.29 is 22.5 Å². The van der Waals surface area contributed by atoms with Crippen LogP contribution in [0.5, 0.6) is 0 Å². The highest BCUT2D eigenvalue weighted by Crippen LogP contribution is 2.28. The van der Waals surface area contributed by atoms with Gasteiger partial charge in [-0.05, 0) is 44.4 Å². The number of anilines is 1. The molecule has 2 saturated heterocycles. The fourth-order valence-electron chi connectivity index (χ4n) is 4.63. The van der Waals surface area contributed by atoms with Crippen molar-refractivity contribution in [3.63, 3.8) is 0 Å². The van der Waals surface area contributed by atoms with Gasteiger partial charge in [0.2, 0.25) is 15.9 Å². The van der Waals surface area contributed by atoms with Crippen molar-refractivity contribution in [3.05, 3.63) is 41.3 Å². The van der Waals surface area contributed by atoms with Crippen molar-refractivity contribution >= 4 is 21.6 Å². The fraction of sp³-hybridized carbons (Fsp3) is 0.565. The summed E-state index contributed by atoms with van der Waals surface area (Å²) in [5.74, 6) is -0.129. The highest BCUT2D eigenvalue weighted by atomic mass is 32.2. The van der Waals surface area contributed by atoms with Crippen LogP contribution in [0, 0.1) is 19.8 Å². The summed E-state index contributed by atoms with van der Waals surface area (Å²) in [5, 5.41) is 3.78. The SMILES string of the molecule is Cc1noc(C)c1S(=O)(=O)N1CCCC(C(=O)N(C)Cc2ccc(N3CCOCC3)cc2)C1. The van der Waals surface area contributed by atoms with Gasteiger partial charge in [-0.3, -0.25) is 4.79 Å². The summed E-state index contributed by atoms with van der Waals surface area (Å²) in [6.45, 7) is 7.50. The Hall–Kier alpha value is -2.43. The Balaban J connectivity index is 1.39. The highest BCUT2D eigenvalue weighted by molar-refractivity contribution is 7.89. The van der Waals surface area contributed by atoms with Crippen LogP contribution in [0.1, 0.15) is 29.9 Å². The summed E-state index contributed by atoms with van der Waals surface area (Å²) in [5.41, 5.74) is 2.54. The summed E-state index contributed by atoms with van der Waals surface area (Å²) in [6.07, 6.45) is 1.31. The van der Waals surface area contributed by atoms with Gasteiger partial charge in [0.1, 0.15) is 10.6 Å². The summed E-state index contributed by atoms with van der Waals surface area (Å²) < 4.78 is 38.2. The van der Waals surface area contributed by atoms with Crippen molar-refractivity contribution in [2.75, 3.05) is 51.3 Å². The minimum atomic E-state index is -3.75. The molecule has 2 aliphatic heterocycles. The number of morpholine rings is 1. The molecule has 1 atom stereocenters. The van der Waals surface area contributed by atoms with E-state index in [0.29, 0.717) is 31.6 Å². The molecule has 2 aliphatic rings. The number of sulfonamides is 1. The van der Waals surface area contributed by atoms with Crippen LogP contribution in [0.4, 0.5) is 5.69 Å². The van der Waals surface area contributed by atoms with Crippen molar-refractivity contribution in [2.24, 2.45) is 5.92 Å². The number of aromatic nitrogens is 1. The molecule has 2 fully saturated rings. The minimum absolute atomic E-state index is 0.0362. The van der Waals surface area contributed by atoms with Gasteiger partial charge in [0, 0.05) is 45.5 Å². The Morgan fingerprint density at radius 1 is 1.15 bits per heavy atom. The highest BCUT2D eigenvalue weighted by Gasteiger charge is 2.37. The maximum absolute atomic E-state index is 13.2. The van der Waals surface area contributed by atoms with E-state index in [0.717, 1.165) is 37.6 Å². The van der Waals surface area contributed by atoms with Gasteiger partial charge in [0.15, 0.2) is 5.76 Å². The molecule has 0 aliphatic carbocycles. The van der Waals surface area contributed by atoms with Crippen LogP contribution in [-0.2, 0) is 26.1 Å². The van der Waals surface area contributed by atoms with Crippen molar-refractivity contribution in [1.82, 2.24) is 14.4 Å². The third kappa shape index (κ3) is 5.07. The number of hydrogen-bond donors (Lipinski definition) is 0. The Morgan fingerprint density at radius 3 is 2.48 bits per heavy atom. The van der Waals surface area contributed by atoms with Crippen LogP contribution in [0.15, 0.2) is 33.7 Å². The lowest BCUT2D eigenvalue weighted by molar-refractivity contribution is -0.135. The average Bonchev–Trinajstić information content (AvgIpc) is 3.18. The van der Waals surface area contributed by atoms with E-state index < -0.39 is 10.0 Å². The Kier molecular flexibility index (Phi) is 7.06. The van der Waals surface area contributed by atoms with E-state index >= 15 is 0 Å². The molecule has 0 radical (unpaired) electrons. The summed E-state index contributed by atoms with van der Waals surface area (Å²) in [4.78, 5) is 17.3. The molecule has 33 heavy (non-hydrogen) atoms. The lowest BCUT2D eigenvalue weighted by Crippen LogP contribution is -2.45. The number of ether oxygens (including phenoxy) is 1. The van der Waals surface area contributed by atoms with Crippen LogP contribution >= 0.6 is 0 Å². The number of carbonyl (C=O) groups excluding carboxylic acids is 1. The predicted molar refractivity (Wildman–Crippen MR) is 123 cm³/mol. The standard InChI is InChI=1S/C23H32N4O5S/c1-17-22(18(2)32-24-17)33(29,30)27-10-4-5-20(16-27)23(28)25(3)15-19-6-8-21(9-7-19)26-11-13-31-14-12-26/h6-9,20H,4-5,10-16H2,1-3H3. The molecule has 180 valence electrons. The number of carbonyl (C=O) groups is 1. The van der Waals surface area contributed by atoms with Gasteiger partial charge in [-0.25, -0.2) is 8.42 Å². The molecule has 0 N–H and O–H groups in total. The zero-order valence-electron chi connectivity index (χ0n) is 19.5. The molecule has 1 aromatic carbocycles. The quantitative estimate of drug-likeness (QED) is 0.631. The van der Waals surface area contributed by atoms with Gasteiger partial charge in [-0.1, -0.05) is 17.3 Å². The largest absolute Gasteiger partial charge is 0.378 e. The molecule has 0 bridgehead atoms. The number of nitrogens with zero attached hydrogens (tertiary/aromatic N) is 4. The molecule has 10 heteroatoms. The molecular weight excluding hydrogens is 444 g/mol. The summed E-state index contributed by atoms with van der Waals surface area (Å²) >= 11 is 0. The van der Waals surface area contributed by atoms with Crippen molar-refractivity contribution in [1.29, 1.82) is 0 Å². The predicted octanol–water partition coefficient (Wildman–Crippen LogP) is 2.19. The molecule has 4 rings (SSSR count). The summed E-state index contributed by atoms with van der Waals surface area (Å²) in [6, 6.07) is 8.25. The third-order valence-electron chi connectivity index (χ3n) is 6.41. The van der Waals surface area contributed by atoms with Gasteiger partial charge < -0.3 is 19.1 Å². The van der Waals surface area contributed by atoms with Gasteiger partial charge in [-0.15, -0.1) is 0 Å². The zero-order chi connectivity index (χ0) is 23.6. The first kappa shape index (κ1) is 23.7. The zero-order valence-corrected chi connectivity index (χ0v) is 20.3. The maximum atomic E-state index is 13.2. The van der Waals surface area contributed by atoms with Crippen LogP contribution in [-0.4, -0.2) is 75.1 Å². The van der Waals surface area contributed by atoms with E-state index in [9.17, 15) is 13.2 Å². The average molecular weight is 477 g/mol. The number of rotatable bonds is 6. The number of amides is 1. The Morgan fingerprint density at radius 2 is 1.85 bits per heavy atom. The monoisotopic (exact) mass is 476 g/mol. The molecule has 0 spiro atoms. The van der Waals surface area contributed by atoms with Gasteiger partial charge in [0.05, 0.1) is 19.1 Å². The number of piperidine rings is 1. The lowest BCUT2D eigenvalue weighted by atomic mass is 9.98. The van der Waals surface area contributed by atoms with Gasteiger partial charge >= 0.3 is 0 Å². The smallest absolute Gasteiger partial charge is 0.248 e. The van der Waals surface area contributed by atoms with Crippen molar-refractivity contribution in [3.8, 4) is 0 Å². The van der Waals surface area contributed by atoms with Crippen LogP contribution in [0.25, 0.3) is 0 Å². The molecule has 1 aromatic heterocycles. The van der Waals surface area contributed by atoms with Crippen LogP contribution < -0.4 is 4.90 Å².